The molecule has 17 heteroatoms. The minimum absolute atomic E-state index is 0. The van der Waals surface area contributed by atoms with Crippen LogP contribution in [-0.4, -0.2) is 68.1 Å². The largest absolute Gasteiger partial charge is 0.480 e. The number of nitro benzene ring substituents is 2. The summed E-state index contributed by atoms with van der Waals surface area (Å²) < 4.78 is 0. The predicted octanol–water partition coefficient (Wildman–Crippen LogP) is 9.57. The number of aromatic nitrogens is 2. The Morgan fingerprint density at radius 3 is 1.70 bits per heavy atom. The van der Waals surface area contributed by atoms with Gasteiger partial charge < -0.3 is 30.8 Å². The van der Waals surface area contributed by atoms with Crippen molar-refractivity contribution in [2.75, 3.05) is 14.1 Å². The first kappa shape index (κ1) is 48.6. The normalized spacial score (nSPS) is 11.2. The van der Waals surface area contributed by atoms with Crippen molar-refractivity contribution in [3.8, 4) is 0 Å². The second-order valence-corrected chi connectivity index (χ2v) is 13.3. The maximum atomic E-state index is 11.4. The number of halogens is 1. The number of hydrogen-bond acceptors (Lipinski definition) is 10. The number of carboxylic acids is 2. The van der Waals surface area contributed by atoms with E-state index in [4.69, 9.17) is 15.8 Å². The smallest absolute Gasteiger partial charge is 0.321 e. The standard InChI is InChI=1S/C18H17N3O4S.C12H14N2O2.C6H4ClNO2S.3CH4/c1-19-14(18(22)23)10-12-11-6-2-3-7-13(11)20-17(12)26-16-9-5-4-8-15(16)21(24)25;1-13-11(12(15)16)6-8-7-14-10-5-3-2-4-9(8)10;7-11-6-4-2-1-3-5(6)8(9)10;;;/h2-9,14,19-20H,10H2,1H3,(H,22,23);2-5,7,11,13-14H,6H2,1H3,(H,15,16);1-4H;3*1H4. The van der Waals surface area contributed by atoms with E-state index in [1.807, 2.05) is 54.7 Å². The van der Waals surface area contributed by atoms with Gasteiger partial charge in [-0.3, -0.25) is 29.8 Å². The number of carbonyl (C=O) groups is 2. The van der Waals surface area contributed by atoms with Gasteiger partial charge in [-0.25, -0.2) is 0 Å². The number of rotatable bonds is 13. The molecule has 4 aromatic carbocycles. The fraction of sp³-hybridized carbons (Fsp3) is 0.231. The van der Waals surface area contributed by atoms with E-state index in [1.54, 1.807) is 50.5 Å². The zero-order chi connectivity index (χ0) is 38.5. The van der Waals surface area contributed by atoms with E-state index in [0.717, 1.165) is 43.9 Å². The van der Waals surface area contributed by atoms with Crippen molar-refractivity contribution in [1.82, 2.24) is 20.6 Å². The molecule has 6 N–H and O–H groups in total. The molecule has 0 bridgehead atoms. The van der Waals surface area contributed by atoms with E-state index < -0.39 is 33.9 Å². The number of benzene rings is 4. The number of carboxylic acid groups (broad SMARTS) is 2. The van der Waals surface area contributed by atoms with Crippen LogP contribution in [0, 0.1) is 20.2 Å². The molecule has 14 nitrogen and oxygen atoms in total. The van der Waals surface area contributed by atoms with Crippen LogP contribution in [0.15, 0.2) is 118 Å². The molecule has 6 rings (SSSR count). The molecule has 2 unspecified atom stereocenters. The van der Waals surface area contributed by atoms with Crippen LogP contribution in [0.3, 0.4) is 0 Å². The summed E-state index contributed by atoms with van der Waals surface area (Å²) in [5.74, 6) is -1.77. The number of H-pyrrole nitrogens is 2. The third-order valence-corrected chi connectivity index (χ3v) is 10.1. The average molecular weight is 827 g/mol. The molecule has 0 saturated heterocycles. The number of nitro groups is 2. The molecule has 0 saturated carbocycles. The molecule has 0 amide bonds. The van der Waals surface area contributed by atoms with Crippen LogP contribution < -0.4 is 10.6 Å². The van der Waals surface area contributed by atoms with E-state index in [9.17, 15) is 34.9 Å². The summed E-state index contributed by atoms with van der Waals surface area (Å²) in [6.45, 7) is 0. The number of para-hydroxylation sites is 4. The van der Waals surface area contributed by atoms with Crippen molar-refractivity contribution in [2.24, 2.45) is 0 Å². The van der Waals surface area contributed by atoms with Crippen LogP contribution in [0.5, 0.6) is 0 Å². The number of aliphatic carboxylic acids is 2. The van der Waals surface area contributed by atoms with Gasteiger partial charge in [0.2, 0.25) is 0 Å². The van der Waals surface area contributed by atoms with Crippen molar-refractivity contribution >= 4 is 78.5 Å². The highest BCUT2D eigenvalue weighted by Gasteiger charge is 2.23. The van der Waals surface area contributed by atoms with E-state index >= 15 is 0 Å². The van der Waals surface area contributed by atoms with Gasteiger partial charge >= 0.3 is 11.9 Å². The quantitative estimate of drug-likeness (QED) is 0.0474. The second kappa shape index (κ2) is 23.5. The minimum Gasteiger partial charge on any atom is -0.480 e. The average Bonchev–Trinajstić information content (AvgIpc) is 3.73. The highest BCUT2D eigenvalue weighted by Crippen LogP contribution is 2.39. The SMILES string of the molecule is C.C.C.CNC(Cc1c(Sc2ccccc2[N+](=O)[O-])[nH]c2ccccc12)C(=O)O.CNC(Cc1c[nH]c2ccccc12)C(=O)O.O=[N+]([O-])c1ccccc1SCl. The summed E-state index contributed by atoms with van der Waals surface area (Å²) in [6, 6.07) is 27.0. The number of nitrogens with zero attached hydrogens (tertiary/aromatic N) is 2. The van der Waals surface area contributed by atoms with Gasteiger partial charge in [-0.15, -0.1) is 0 Å². The van der Waals surface area contributed by atoms with E-state index in [-0.39, 0.29) is 40.1 Å². The van der Waals surface area contributed by atoms with Gasteiger partial charge in [0, 0.05) is 53.0 Å². The third-order valence-electron chi connectivity index (χ3n) is 7.99. The molecule has 2 heterocycles. The Balaban J connectivity index is 0.000000449. The Kier molecular flexibility index (Phi) is 20.4. The van der Waals surface area contributed by atoms with Crippen LogP contribution in [0.25, 0.3) is 21.8 Å². The van der Waals surface area contributed by atoms with E-state index in [1.165, 1.54) is 23.9 Å². The van der Waals surface area contributed by atoms with Crippen LogP contribution in [0.4, 0.5) is 11.4 Å². The van der Waals surface area contributed by atoms with Gasteiger partial charge in [0.25, 0.3) is 11.4 Å². The highest BCUT2D eigenvalue weighted by molar-refractivity contribution is 8.21. The summed E-state index contributed by atoms with van der Waals surface area (Å²) in [5.41, 5.74) is 3.82. The van der Waals surface area contributed by atoms with Gasteiger partial charge in [0.15, 0.2) is 0 Å². The topological polar surface area (TPSA) is 217 Å². The number of nitrogens with one attached hydrogen (secondary N) is 4. The maximum absolute atomic E-state index is 11.4. The summed E-state index contributed by atoms with van der Waals surface area (Å²) in [6.07, 6.45) is 2.62. The number of hydrogen-bond donors (Lipinski definition) is 6. The fourth-order valence-corrected chi connectivity index (χ4v) is 7.13. The van der Waals surface area contributed by atoms with Crippen LogP contribution >= 0.6 is 33.4 Å². The molecule has 0 aliphatic carbocycles. The molecular formula is C39H47ClN6O8S2. The molecule has 0 radical (unpaired) electrons. The van der Waals surface area contributed by atoms with Gasteiger partial charge in [-0.05, 0) is 71.1 Å². The first-order chi connectivity index (χ1) is 25.5. The minimum atomic E-state index is -0.945. The molecular weight excluding hydrogens is 780 g/mol. The maximum Gasteiger partial charge on any atom is 0.321 e. The predicted molar refractivity (Wildman–Crippen MR) is 227 cm³/mol. The molecule has 300 valence electrons. The lowest BCUT2D eigenvalue weighted by molar-refractivity contribution is -0.387. The van der Waals surface area contributed by atoms with Gasteiger partial charge in [0.1, 0.15) is 17.0 Å². The first-order valence-corrected chi connectivity index (χ1v) is 18.3. The summed E-state index contributed by atoms with van der Waals surface area (Å²) in [5, 5.41) is 48.2. The van der Waals surface area contributed by atoms with Gasteiger partial charge in [0.05, 0.1) is 19.8 Å². The Hall–Kier alpha value is -5.39. The molecule has 2 aromatic heterocycles. The molecule has 0 aliphatic heterocycles. The third kappa shape index (κ3) is 12.6. The lowest BCUT2D eigenvalue weighted by atomic mass is 10.1. The monoisotopic (exact) mass is 826 g/mol. The van der Waals surface area contributed by atoms with Crippen LogP contribution in [-0.2, 0) is 22.4 Å². The summed E-state index contributed by atoms with van der Waals surface area (Å²) >= 11 is 1.24. The number of aromatic amines is 2. The van der Waals surface area contributed by atoms with Crippen molar-refractivity contribution in [3.05, 3.63) is 135 Å². The first-order valence-electron chi connectivity index (χ1n) is 15.9. The van der Waals surface area contributed by atoms with E-state index in [0.29, 0.717) is 21.2 Å². The molecule has 2 atom stereocenters. The summed E-state index contributed by atoms with van der Waals surface area (Å²) in [4.78, 5) is 50.5. The number of fused-ring (bicyclic) bond motifs is 2. The Labute approximate surface area is 338 Å². The molecule has 0 fully saturated rings. The van der Waals surface area contributed by atoms with Gasteiger partial charge in [-0.1, -0.05) is 94.7 Å². The zero-order valence-electron chi connectivity index (χ0n) is 28.3. The summed E-state index contributed by atoms with van der Waals surface area (Å²) in [7, 11) is 9.50. The van der Waals surface area contributed by atoms with Crippen LogP contribution in [0.1, 0.15) is 33.4 Å². The van der Waals surface area contributed by atoms with Crippen molar-refractivity contribution in [3.63, 3.8) is 0 Å². The lowest BCUT2D eigenvalue weighted by Gasteiger charge is -2.12. The molecule has 0 spiro atoms. The Morgan fingerprint density at radius 2 is 1.18 bits per heavy atom. The Bertz CT molecular complexity index is 2210. The second-order valence-electron chi connectivity index (χ2n) is 11.2. The van der Waals surface area contributed by atoms with E-state index in [2.05, 4.69) is 20.6 Å². The highest BCUT2D eigenvalue weighted by atomic mass is 35.7. The molecule has 0 aliphatic rings. The van der Waals surface area contributed by atoms with Gasteiger partial charge in [-0.2, -0.15) is 0 Å². The molecule has 56 heavy (non-hydrogen) atoms. The van der Waals surface area contributed by atoms with Crippen molar-refractivity contribution in [1.29, 1.82) is 0 Å². The zero-order valence-corrected chi connectivity index (χ0v) is 30.7. The van der Waals surface area contributed by atoms with Crippen molar-refractivity contribution < 1.29 is 29.6 Å². The number of likely N-dealkylation sites (N-methyl/N-ethyl adjacent to an activating group) is 2. The molecule has 6 aromatic rings. The lowest BCUT2D eigenvalue weighted by Crippen LogP contribution is -2.35. The van der Waals surface area contributed by atoms with Crippen LogP contribution in [0.2, 0.25) is 0 Å². The van der Waals surface area contributed by atoms with Crippen molar-refractivity contribution in [2.45, 2.75) is 62.0 Å². The Morgan fingerprint density at radius 1 is 0.714 bits per heavy atom. The fourth-order valence-electron chi connectivity index (χ4n) is 5.29.